The van der Waals surface area contributed by atoms with E-state index in [-0.39, 0.29) is 48.6 Å². The fraction of sp³-hybridized carbons (Fsp3) is 0.800. The first-order chi connectivity index (χ1) is 12.4. The molecule has 12 heteroatoms. The second-order valence-electron chi connectivity index (χ2n) is 6.26. The Balaban J connectivity index is 3.60. The minimum Gasteiger partial charge on any atom is -0.247 e. The number of alkyl halides is 6. The quantitative estimate of drug-likeness (QED) is 0.360. The Morgan fingerprint density at radius 3 is 0.889 bits per heavy atom. The molecule has 0 aliphatic heterocycles. The maximum atomic E-state index is 12.9. The molecule has 0 radical (unpaired) electrons. The summed E-state index contributed by atoms with van der Waals surface area (Å²) in [6.07, 6.45) is 0. The van der Waals surface area contributed by atoms with Gasteiger partial charge in [0.05, 0.1) is 0 Å². The van der Waals surface area contributed by atoms with Gasteiger partial charge in [0, 0.05) is 48.6 Å². The predicted molar refractivity (Wildman–Crippen MR) is 133 cm³/mol. The molecule has 1 heterocycles. The van der Waals surface area contributed by atoms with Crippen molar-refractivity contribution in [2.75, 3.05) is 0 Å². The average Bonchev–Trinajstić information content (AvgIpc) is 2.58. The Bertz CT molecular complexity index is 666. The zero-order chi connectivity index (χ0) is 21.0. The van der Waals surface area contributed by atoms with Crippen LogP contribution in [-0.2, 0) is 19.6 Å². The molecule has 156 valence electrons. The highest BCUT2D eigenvalue weighted by Gasteiger charge is 2.24. The molecular weight excluding hydrogens is 750 g/mol. The van der Waals surface area contributed by atoms with Crippen molar-refractivity contribution >= 4 is 95.6 Å². The first kappa shape index (κ1) is 26.3. The Labute approximate surface area is 208 Å². The lowest BCUT2D eigenvalue weighted by Crippen LogP contribution is -2.57. The SMILES string of the molecule is CC(Br)C(Br)Cn1c(=O)n(CC(Br)C(C)Br)c(=O)n(CC(Br)C(C)Br)c1=O. The summed E-state index contributed by atoms with van der Waals surface area (Å²) in [5.41, 5.74) is -1.81. The van der Waals surface area contributed by atoms with Crippen LogP contribution in [-0.4, -0.2) is 42.7 Å². The molecule has 0 aliphatic carbocycles. The Morgan fingerprint density at radius 1 is 0.556 bits per heavy atom. The third-order valence-electron chi connectivity index (χ3n) is 3.95. The van der Waals surface area contributed by atoms with Crippen molar-refractivity contribution in [2.24, 2.45) is 0 Å². The summed E-state index contributed by atoms with van der Waals surface area (Å²) in [6.45, 7) is 6.21. The Hall–Kier alpha value is 1.29. The molecule has 1 aromatic heterocycles. The van der Waals surface area contributed by atoms with Gasteiger partial charge < -0.3 is 0 Å². The predicted octanol–water partition coefficient (Wildman–Crippen LogP) is 3.81. The lowest BCUT2D eigenvalue weighted by atomic mass is 10.3. The third kappa shape index (κ3) is 7.18. The molecule has 6 unspecified atom stereocenters. The van der Waals surface area contributed by atoms with Crippen LogP contribution in [0.5, 0.6) is 0 Å². The molecule has 0 saturated carbocycles. The number of hydrogen-bond acceptors (Lipinski definition) is 3. The number of hydrogen-bond donors (Lipinski definition) is 0. The Kier molecular flexibility index (Phi) is 11.3. The van der Waals surface area contributed by atoms with E-state index in [9.17, 15) is 14.4 Å². The first-order valence-electron chi connectivity index (χ1n) is 8.17. The van der Waals surface area contributed by atoms with Gasteiger partial charge in [0.1, 0.15) is 0 Å². The molecule has 1 rings (SSSR count). The Morgan fingerprint density at radius 2 is 0.741 bits per heavy atom. The topological polar surface area (TPSA) is 66.0 Å². The third-order valence-corrected chi connectivity index (χ3v) is 11.2. The van der Waals surface area contributed by atoms with Crippen LogP contribution >= 0.6 is 95.6 Å². The molecule has 1 aromatic rings. The van der Waals surface area contributed by atoms with E-state index in [0.717, 1.165) is 13.7 Å². The van der Waals surface area contributed by atoms with Crippen molar-refractivity contribution < 1.29 is 0 Å². The van der Waals surface area contributed by atoms with E-state index in [4.69, 9.17) is 0 Å². The molecule has 6 atom stereocenters. The molecule has 0 aliphatic rings. The first-order valence-corrected chi connectivity index (χ1v) is 13.7. The van der Waals surface area contributed by atoms with Crippen LogP contribution < -0.4 is 17.1 Å². The number of nitrogens with zero attached hydrogens (tertiary/aromatic N) is 3. The fourth-order valence-electron chi connectivity index (χ4n) is 2.11. The largest absolute Gasteiger partial charge is 0.336 e. The molecule has 27 heavy (non-hydrogen) atoms. The number of halogens is 6. The molecule has 0 aromatic carbocycles. The van der Waals surface area contributed by atoms with Crippen molar-refractivity contribution in [3.05, 3.63) is 31.5 Å². The number of rotatable bonds is 9. The monoisotopic (exact) mass is 765 g/mol. The summed E-state index contributed by atoms with van der Waals surface area (Å²) in [7, 11) is 0. The maximum absolute atomic E-state index is 12.9. The summed E-state index contributed by atoms with van der Waals surface area (Å²) in [4.78, 5) is 38.4. The average molecular weight is 771 g/mol. The van der Waals surface area contributed by atoms with Gasteiger partial charge in [-0.2, -0.15) is 0 Å². The normalized spacial score (nSPS) is 18.6. The van der Waals surface area contributed by atoms with E-state index in [1.54, 1.807) is 0 Å². The molecule has 0 N–H and O–H groups in total. The van der Waals surface area contributed by atoms with Crippen LogP contribution in [0, 0.1) is 0 Å². The van der Waals surface area contributed by atoms with E-state index >= 15 is 0 Å². The highest BCUT2D eigenvalue weighted by molar-refractivity contribution is 9.13. The molecule has 0 saturated heterocycles. The van der Waals surface area contributed by atoms with E-state index in [2.05, 4.69) is 95.6 Å². The second kappa shape index (κ2) is 11.6. The van der Waals surface area contributed by atoms with E-state index in [1.165, 1.54) is 0 Å². The van der Waals surface area contributed by atoms with Crippen LogP contribution in [0.1, 0.15) is 20.8 Å². The molecule has 6 nitrogen and oxygen atoms in total. The second-order valence-corrected chi connectivity index (χ2v) is 14.1. The van der Waals surface area contributed by atoms with Crippen LogP contribution in [0.4, 0.5) is 0 Å². The van der Waals surface area contributed by atoms with E-state index in [1.807, 2.05) is 20.8 Å². The molecular formula is C15H21Br6N3O3. The van der Waals surface area contributed by atoms with Gasteiger partial charge in [-0.1, -0.05) is 116 Å². The van der Waals surface area contributed by atoms with Gasteiger partial charge >= 0.3 is 17.1 Å². The molecule has 0 spiro atoms. The van der Waals surface area contributed by atoms with E-state index < -0.39 is 17.1 Å². The number of aromatic nitrogens is 3. The van der Waals surface area contributed by atoms with Crippen LogP contribution in [0.15, 0.2) is 14.4 Å². The smallest absolute Gasteiger partial charge is 0.247 e. The zero-order valence-electron chi connectivity index (χ0n) is 14.9. The fourth-order valence-corrected chi connectivity index (χ4v) is 3.48. The van der Waals surface area contributed by atoms with Crippen LogP contribution in [0.25, 0.3) is 0 Å². The van der Waals surface area contributed by atoms with Gasteiger partial charge in [-0.3, -0.25) is 0 Å². The van der Waals surface area contributed by atoms with Gasteiger partial charge in [0.15, 0.2) is 0 Å². The van der Waals surface area contributed by atoms with Crippen LogP contribution in [0.3, 0.4) is 0 Å². The van der Waals surface area contributed by atoms with Gasteiger partial charge in [0.25, 0.3) is 0 Å². The summed E-state index contributed by atoms with van der Waals surface area (Å²) in [5, 5.41) is 0. The molecule has 0 amide bonds. The van der Waals surface area contributed by atoms with Gasteiger partial charge in [0.2, 0.25) is 0 Å². The summed E-state index contributed by atoms with van der Waals surface area (Å²) >= 11 is 20.8. The van der Waals surface area contributed by atoms with Crippen molar-refractivity contribution in [1.82, 2.24) is 13.7 Å². The summed E-state index contributed by atoms with van der Waals surface area (Å²) in [6, 6.07) is 0. The van der Waals surface area contributed by atoms with Crippen molar-refractivity contribution in [1.29, 1.82) is 0 Å². The highest BCUT2D eigenvalue weighted by atomic mass is 79.9. The van der Waals surface area contributed by atoms with Crippen molar-refractivity contribution in [3.8, 4) is 0 Å². The lowest BCUT2D eigenvalue weighted by molar-refractivity contribution is 0.438. The van der Waals surface area contributed by atoms with E-state index in [0.29, 0.717) is 0 Å². The zero-order valence-corrected chi connectivity index (χ0v) is 24.4. The summed E-state index contributed by atoms with van der Waals surface area (Å²) in [5.74, 6) is 0. The maximum Gasteiger partial charge on any atom is 0.336 e. The summed E-state index contributed by atoms with van der Waals surface area (Å²) < 4.78 is 3.36. The van der Waals surface area contributed by atoms with Crippen molar-refractivity contribution in [2.45, 2.75) is 69.4 Å². The van der Waals surface area contributed by atoms with Gasteiger partial charge in [-0.05, 0) is 0 Å². The van der Waals surface area contributed by atoms with Gasteiger partial charge in [-0.15, -0.1) is 0 Å². The molecule has 0 fully saturated rings. The molecule has 0 bridgehead atoms. The standard InChI is InChI=1S/C15H21Br6N3O3/c1-7(16)10(19)4-22-13(25)23(5-11(20)8(2)17)15(27)24(14(22)26)6-12(21)9(3)18/h7-12H,4-6H2,1-3H3. The van der Waals surface area contributed by atoms with Crippen LogP contribution in [0.2, 0.25) is 0 Å². The lowest BCUT2D eigenvalue weighted by Gasteiger charge is -2.20. The minimum absolute atomic E-state index is 0.0376. The minimum atomic E-state index is -0.602. The highest BCUT2D eigenvalue weighted by Crippen LogP contribution is 2.16. The van der Waals surface area contributed by atoms with Crippen molar-refractivity contribution in [3.63, 3.8) is 0 Å². The van der Waals surface area contributed by atoms with Gasteiger partial charge in [-0.25, -0.2) is 28.1 Å².